The van der Waals surface area contributed by atoms with E-state index in [2.05, 4.69) is 6.92 Å². The molecule has 0 aliphatic rings. The van der Waals surface area contributed by atoms with Gasteiger partial charge in [0.1, 0.15) is 5.75 Å². The van der Waals surface area contributed by atoms with E-state index in [4.69, 9.17) is 9.84 Å². The van der Waals surface area contributed by atoms with Gasteiger partial charge in [-0.2, -0.15) is 0 Å². The first kappa shape index (κ1) is 11.1. The third kappa shape index (κ3) is 4.28. The Morgan fingerprint density at radius 1 is 1.21 bits per heavy atom. The zero-order valence-corrected chi connectivity index (χ0v) is 8.65. The second kappa shape index (κ2) is 6.44. The average Bonchev–Trinajstić information content (AvgIpc) is 2.20. The van der Waals surface area contributed by atoms with Crippen LogP contribution in [-0.4, -0.2) is 18.3 Å². The fourth-order valence-corrected chi connectivity index (χ4v) is 1.26. The zero-order valence-electron chi connectivity index (χ0n) is 8.65. The SMILES string of the molecule is CC(CCO)CCOc1ccccc1. The smallest absolute Gasteiger partial charge is 0.119 e. The molecule has 1 aromatic carbocycles. The van der Waals surface area contributed by atoms with Gasteiger partial charge in [0.25, 0.3) is 0 Å². The minimum absolute atomic E-state index is 0.270. The first-order chi connectivity index (χ1) is 6.83. The monoisotopic (exact) mass is 194 g/mol. The van der Waals surface area contributed by atoms with Crippen LogP contribution in [0, 0.1) is 5.92 Å². The van der Waals surface area contributed by atoms with Crippen molar-refractivity contribution in [1.29, 1.82) is 0 Å². The van der Waals surface area contributed by atoms with Gasteiger partial charge in [0, 0.05) is 6.61 Å². The molecule has 0 aliphatic carbocycles. The molecule has 1 rings (SSSR count). The number of hydrogen-bond acceptors (Lipinski definition) is 2. The predicted molar refractivity (Wildman–Crippen MR) is 57.4 cm³/mol. The largest absolute Gasteiger partial charge is 0.494 e. The first-order valence-electron chi connectivity index (χ1n) is 5.11. The Kier molecular flexibility index (Phi) is 5.08. The Balaban J connectivity index is 2.16. The van der Waals surface area contributed by atoms with Gasteiger partial charge in [0.2, 0.25) is 0 Å². The van der Waals surface area contributed by atoms with Gasteiger partial charge in [0.05, 0.1) is 6.61 Å². The van der Waals surface area contributed by atoms with Crippen molar-refractivity contribution >= 4 is 0 Å². The molecule has 0 fully saturated rings. The first-order valence-corrected chi connectivity index (χ1v) is 5.11. The molecule has 1 unspecified atom stereocenters. The summed E-state index contributed by atoms with van der Waals surface area (Å²) in [4.78, 5) is 0. The molecular weight excluding hydrogens is 176 g/mol. The summed E-state index contributed by atoms with van der Waals surface area (Å²) >= 11 is 0. The molecule has 0 saturated heterocycles. The molecule has 1 aromatic rings. The molecular formula is C12H18O2. The molecule has 0 amide bonds. The summed E-state index contributed by atoms with van der Waals surface area (Å²) in [6, 6.07) is 9.81. The number of para-hydroxylation sites is 1. The van der Waals surface area contributed by atoms with Crippen molar-refractivity contribution in [3.8, 4) is 5.75 Å². The van der Waals surface area contributed by atoms with Crippen molar-refractivity contribution in [2.24, 2.45) is 5.92 Å². The summed E-state index contributed by atoms with van der Waals surface area (Å²) in [6.07, 6.45) is 1.85. The number of rotatable bonds is 6. The predicted octanol–water partition coefficient (Wildman–Crippen LogP) is 2.47. The molecule has 2 nitrogen and oxygen atoms in total. The summed E-state index contributed by atoms with van der Waals surface area (Å²) < 4.78 is 5.54. The molecule has 0 saturated carbocycles. The van der Waals surface area contributed by atoms with Crippen LogP contribution in [0.5, 0.6) is 5.75 Å². The second-order valence-electron chi connectivity index (χ2n) is 3.57. The normalized spacial score (nSPS) is 12.4. The highest BCUT2D eigenvalue weighted by molar-refractivity contribution is 5.20. The van der Waals surface area contributed by atoms with Gasteiger partial charge in [-0.25, -0.2) is 0 Å². The van der Waals surface area contributed by atoms with Crippen LogP contribution in [0.25, 0.3) is 0 Å². The Labute approximate surface area is 85.5 Å². The standard InChI is InChI=1S/C12H18O2/c1-11(7-9-13)8-10-14-12-5-3-2-4-6-12/h2-6,11,13H,7-10H2,1H3. The van der Waals surface area contributed by atoms with E-state index in [0.717, 1.165) is 25.2 Å². The van der Waals surface area contributed by atoms with E-state index >= 15 is 0 Å². The van der Waals surface area contributed by atoms with Crippen molar-refractivity contribution in [3.05, 3.63) is 30.3 Å². The lowest BCUT2D eigenvalue weighted by Gasteiger charge is -2.10. The maximum absolute atomic E-state index is 8.71. The molecule has 14 heavy (non-hydrogen) atoms. The van der Waals surface area contributed by atoms with Crippen LogP contribution < -0.4 is 4.74 Å². The number of aliphatic hydroxyl groups is 1. The van der Waals surface area contributed by atoms with Crippen LogP contribution in [0.4, 0.5) is 0 Å². The minimum Gasteiger partial charge on any atom is -0.494 e. The highest BCUT2D eigenvalue weighted by Gasteiger charge is 2.01. The lowest BCUT2D eigenvalue weighted by Crippen LogP contribution is -2.05. The van der Waals surface area contributed by atoms with Crippen molar-refractivity contribution in [3.63, 3.8) is 0 Å². The molecule has 0 aromatic heterocycles. The van der Waals surface area contributed by atoms with Gasteiger partial charge in [-0.3, -0.25) is 0 Å². The summed E-state index contributed by atoms with van der Waals surface area (Å²) in [5.41, 5.74) is 0. The highest BCUT2D eigenvalue weighted by Crippen LogP contribution is 2.11. The Hall–Kier alpha value is -1.02. The van der Waals surface area contributed by atoms with E-state index in [1.54, 1.807) is 0 Å². The number of ether oxygens (including phenoxy) is 1. The van der Waals surface area contributed by atoms with Crippen LogP contribution in [0.3, 0.4) is 0 Å². The van der Waals surface area contributed by atoms with Crippen LogP contribution in [-0.2, 0) is 0 Å². The quantitative estimate of drug-likeness (QED) is 0.753. The van der Waals surface area contributed by atoms with Crippen molar-refractivity contribution in [1.82, 2.24) is 0 Å². The van der Waals surface area contributed by atoms with Gasteiger partial charge in [0.15, 0.2) is 0 Å². The maximum atomic E-state index is 8.71. The minimum atomic E-state index is 0.270. The molecule has 0 radical (unpaired) electrons. The van der Waals surface area contributed by atoms with Gasteiger partial charge < -0.3 is 9.84 Å². The Morgan fingerprint density at radius 3 is 2.57 bits per heavy atom. The topological polar surface area (TPSA) is 29.5 Å². The summed E-state index contributed by atoms with van der Waals surface area (Å²) in [5.74, 6) is 1.45. The van der Waals surface area contributed by atoms with E-state index in [-0.39, 0.29) is 6.61 Å². The van der Waals surface area contributed by atoms with Crippen molar-refractivity contribution in [2.45, 2.75) is 19.8 Å². The highest BCUT2D eigenvalue weighted by atomic mass is 16.5. The molecule has 0 aliphatic heterocycles. The molecule has 0 bridgehead atoms. The number of benzene rings is 1. The molecule has 0 spiro atoms. The van der Waals surface area contributed by atoms with Gasteiger partial charge in [-0.05, 0) is 30.9 Å². The van der Waals surface area contributed by atoms with Crippen LogP contribution in [0.15, 0.2) is 30.3 Å². The van der Waals surface area contributed by atoms with Crippen molar-refractivity contribution < 1.29 is 9.84 Å². The van der Waals surface area contributed by atoms with E-state index in [0.29, 0.717) is 5.92 Å². The van der Waals surface area contributed by atoms with E-state index in [1.807, 2.05) is 30.3 Å². The van der Waals surface area contributed by atoms with Gasteiger partial charge in [-0.1, -0.05) is 25.1 Å². The fraction of sp³-hybridized carbons (Fsp3) is 0.500. The number of hydrogen-bond donors (Lipinski definition) is 1. The summed E-state index contributed by atoms with van der Waals surface area (Å²) in [7, 11) is 0. The third-order valence-corrected chi connectivity index (χ3v) is 2.24. The zero-order chi connectivity index (χ0) is 10.2. The Bertz CT molecular complexity index is 233. The summed E-state index contributed by atoms with van der Waals surface area (Å²) in [6.45, 7) is 3.13. The molecule has 78 valence electrons. The molecule has 2 heteroatoms. The molecule has 1 N–H and O–H groups in total. The van der Waals surface area contributed by atoms with Crippen molar-refractivity contribution in [2.75, 3.05) is 13.2 Å². The fourth-order valence-electron chi connectivity index (χ4n) is 1.26. The summed E-state index contributed by atoms with van der Waals surface area (Å²) in [5, 5.41) is 8.71. The van der Waals surface area contributed by atoms with Gasteiger partial charge >= 0.3 is 0 Å². The van der Waals surface area contributed by atoms with E-state index < -0.39 is 0 Å². The Morgan fingerprint density at radius 2 is 1.93 bits per heavy atom. The number of aliphatic hydroxyl groups excluding tert-OH is 1. The lowest BCUT2D eigenvalue weighted by atomic mass is 10.1. The van der Waals surface area contributed by atoms with Gasteiger partial charge in [-0.15, -0.1) is 0 Å². The molecule has 0 heterocycles. The van der Waals surface area contributed by atoms with Crippen LogP contribution >= 0.6 is 0 Å². The van der Waals surface area contributed by atoms with E-state index in [9.17, 15) is 0 Å². The third-order valence-electron chi connectivity index (χ3n) is 2.24. The average molecular weight is 194 g/mol. The lowest BCUT2D eigenvalue weighted by molar-refractivity contribution is 0.233. The maximum Gasteiger partial charge on any atom is 0.119 e. The van der Waals surface area contributed by atoms with Crippen LogP contribution in [0.1, 0.15) is 19.8 Å². The second-order valence-corrected chi connectivity index (χ2v) is 3.57. The van der Waals surface area contributed by atoms with E-state index in [1.165, 1.54) is 0 Å². The van der Waals surface area contributed by atoms with Crippen LogP contribution in [0.2, 0.25) is 0 Å². The molecule has 1 atom stereocenters.